The molecule has 0 aliphatic heterocycles. The molecule has 1 rings (SSSR count). The first-order valence-electron chi connectivity index (χ1n) is 3.95. The van der Waals surface area contributed by atoms with Crippen molar-refractivity contribution in [3.8, 4) is 5.75 Å². The third kappa shape index (κ3) is 2.39. The third-order valence-corrected chi connectivity index (χ3v) is 1.78. The summed E-state index contributed by atoms with van der Waals surface area (Å²) in [6.45, 7) is 0.390. The summed E-state index contributed by atoms with van der Waals surface area (Å²) in [6.07, 6.45) is -2.05. The molecule has 0 radical (unpaired) electrons. The summed E-state index contributed by atoms with van der Waals surface area (Å²) >= 11 is 0. The fourth-order valence-corrected chi connectivity index (χ4v) is 1.08. The van der Waals surface area contributed by atoms with E-state index in [2.05, 4.69) is 0 Å². The molecule has 0 amide bonds. The van der Waals surface area contributed by atoms with Crippen LogP contribution in [0, 0.1) is 0 Å². The second-order valence-electron chi connectivity index (χ2n) is 2.73. The first-order chi connectivity index (χ1) is 6.15. The van der Waals surface area contributed by atoms with Gasteiger partial charge in [0, 0.05) is 5.56 Å². The Morgan fingerprint density at radius 3 is 2.54 bits per heavy atom. The third-order valence-electron chi connectivity index (χ3n) is 1.78. The molecule has 0 saturated heterocycles. The van der Waals surface area contributed by atoms with Crippen molar-refractivity contribution in [2.24, 2.45) is 5.73 Å². The molecule has 0 fully saturated rings. The second kappa shape index (κ2) is 4.18. The first-order valence-corrected chi connectivity index (χ1v) is 3.95. The molecule has 0 heterocycles. The van der Waals surface area contributed by atoms with E-state index in [-0.39, 0.29) is 11.3 Å². The van der Waals surface area contributed by atoms with Gasteiger partial charge in [0.1, 0.15) is 5.75 Å². The zero-order chi connectivity index (χ0) is 9.84. The number of aromatic hydroxyl groups is 1. The SMILES string of the molecule is NCCc1ccc(C(F)F)cc1O. The highest BCUT2D eigenvalue weighted by molar-refractivity contribution is 5.37. The van der Waals surface area contributed by atoms with E-state index in [1.54, 1.807) is 0 Å². The lowest BCUT2D eigenvalue weighted by Gasteiger charge is -2.05. The average Bonchev–Trinajstić information content (AvgIpc) is 2.08. The smallest absolute Gasteiger partial charge is 0.263 e. The molecule has 0 aliphatic rings. The van der Waals surface area contributed by atoms with Crippen LogP contribution in [0.3, 0.4) is 0 Å². The molecule has 0 unspecified atom stereocenters. The number of phenolic OH excluding ortho intramolecular Hbond substituents is 1. The van der Waals surface area contributed by atoms with Crippen molar-refractivity contribution in [2.75, 3.05) is 6.54 Å². The van der Waals surface area contributed by atoms with E-state index in [1.165, 1.54) is 12.1 Å². The van der Waals surface area contributed by atoms with Gasteiger partial charge in [0.05, 0.1) is 0 Å². The van der Waals surface area contributed by atoms with Crippen LogP contribution >= 0.6 is 0 Å². The number of nitrogens with two attached hydrogens (primary N) is 1. The van der Waals surface area contributed by atoms with Gasteiger partial charge in [-0.3, -0.25) is 0 Å². The largest absolute Gasteiger partial charge is 0.508 e. The monoisotopic (exact) mass is 187 g/mol. The number of benzene rings is 1. The summed E-state index contributed by atoms with van der Waals surface area (Å²) in [5.41, 5.74) is 5.70. The van der Waals surface area contributed by atoms with E-state index in [1.807, 2.05) is 0 Å². The van der Waals surface area contributed by atoms with Crippen molar-refractivity contribution in [3.63, 3.8) is 0 Å². The highest BCUT2D eigenvalue weighted by atomic mass is 19.3. The van der Waals surface area contributed by atoms with E-state index in [0.29, 0.717) is 18.5 Å². The lowest BCUT2D eigenvalue weighted by atomic mass is 10.1. The van der Waals surface area contributed by atoms with Gasteiger partial charge in [-0.2, -0.15) is 0 Å². The summed E-state index contributed by atoms with van der Waals surface area (Å²) in [5, 5.41) is 9.28. The molecule has 0 aliphatic carbocycles. The van der Waals surface area contributed by atoms with E-state index in [4.69, 9.17) is 5.73 Å². The molecule has 1 aromatic carbocycles. The van der Waals surface area contributed by atoms with Crippen LogP contribution in [-0.4, -0.2) is 11.7 Å². The minimum Gasteiger partial charge on any atom is -0.508 e. The molecule has 13 heavy (non-hydrogen) atoms. The van der Waals surface area contributed by atoms with Gasteiger partial charge in [-0.1, -0.05) is 12.1 Å². The van der Waals surface area contributed by atoms with Gasteiger partial charge < -0.3 is 10.8 Å². The van der Waals surface area contributed by atoms with Gasteiger partial charge >= 0.3 is 0 Å². The number of alkyl halides is 2. The van der Waals surface area contributed by atoms with E-state index in [0.717, 1.165) is 6.07 Å². The Morgan fingerprint density at radius 1 is 1.38 bits per heavy atom. The maximum atomic E-state index is 12.1. The highest BCUT2D eigenvalue weighted by Crippen LogP contribution is 2.25. The highest BCUT2D eigenvalue weighted by Gasteiger charge is 2.09. The quantitative estimate of drug-likeness (QED) is 0.758. The minimum absolute atomic E-state index is 0.108. The van der Waals surface area contributed by atoms with Crippen molar-refractivity contribution in [1.29, 1.82) is 0 Å². The summed E-state index contributed by atoms with van der Waals surface area (Å²) in [4.78, 5) is 0. The zero-order valence-electron chi connectivity index (χ0n) is 7.00. The molecule has 0 saturated carbocycles. The van der Waals surface area contributed by atoms with Crippen LogP contribution in [0.2, 0.25) is 0 Å². The van der Waals surface area contributed by atoms with Crippen LogP contribution in [0.1, 0.15) is 17.6 Å². The Labute approximate surface area is 75.0 Å². The van der Waals surface area contributed by atoms with Gasteiger partial charge in [0.2, 0.25) is 0 Å². The molecule has 0 spiro atoms. The topological polar surface area (TPSA) is 46.2 Å². The van der Waals surface area contributed by atoms with Crippen LogP contribution in [0.25, 0.3) is 0 Å². The molecule has 72 valence electrons. The van der Waals surface area contributed by atoms with Crippen molar-refractivity contribution in [3.05, 3.63) is 29.3 Å². The van der Waals surface area contributed by atoms with Gasteiger partial charge in [0.25, 0.3) is 6.43 Å². The zero-order valence-corrected chi connectivity index (χ0v) is 7.00. The fraction of sp³-hybridized carbons (Fsp3) is 0.333. The molecule has 1 aromatic rings. The van der Waals surface area contributed by atoms with Crippen LogP contribution in [0.15, 0.2) is 18.2 Å². The Morgan fingerprint density at radius 2 is 2.08 bits per heavy atom. The number of rotatable bonds is 3. The van der Waals surface area contributed by atoms with Gasteiger partial charge in [-0.05, 0) is 24.6 Å². The number of halogens is 2. The van der Waals surface area contributed by atoms with Crippen LogP contribution in [-0.2, 0) is 6.42 Å². The minimum atomic E-state index is -2.54. The van der Waals surface area contributed by atoms with E-state index >= 15 is 0 Å². The maximum absolute atomic E-state index is 12.1. The Hall–Kier alpha value is -1.16. The molecule has 3 N–H and O–H groups in total. The molecular weight excluding hydrogens is 176 g/mol. The molecule has 0 bridgehead atoms. The molecule has 0 atom stereocenters. The lowest BCUT2D eigenvalue weighted by Crippen LogP contribution is -2.03. The molecular formula is C9H11F2NO. The predicted octanol–water partition coefficient (Wildman–Crippen LogP) is 1.83. The van der Waals surface area contributed by atoms with Gasteiger partial charge in [-0.15, -0.1) is 0 Å². The van der Waals surface area contributed by atoms with Gasteiger partial charge in [-0.25, -0.2) is 8.78 Å². The molecule has 2 nitrogen and oxygen atoms in total. The lowest BCUT2D eigenvalue weighted by molar-refractivity contribution is 0.151. The molecule has 0 aromatic heterocycles. The molecule has 4 heteroatoms. The summed E-state index contributed by atoms with van der Waals surface area (Å²) < 4.78 is 24.3. The number of hydrogen-bond acceptors (Lipinski definition) is 2. The van der Waals surface area contributed by atoms with Crippen molar-refractivity contribution in [1.82, 2.24) is 0 Å². The van der Waals surface area contributed by atoms with Gasteiger partial charge in [0.15, 0.2) is 0 Å². The standard InChI is InChI=1S/C9H11F2NO/c10-9(11)7-2-1-6(3-4-12)8(13)5-7/h1-2,5,9,13H,3-4,12H2. The Balaban J connectivity index is 2.92. The second-order valence-corrected chi connectivity index (χ2v) is 2.73. The van der Waals surface area contributed by atoms with Crippen molar-refractivity contribution >= 4 is 0 Å². The summed E-state index contributed by atoms with van der Waals surface area (Å²) in [5.74, 6) is -0.108. The normalized spacial score (nSPS) is 10.8. The first kappa shape index (κ1) is 9.92. The summed E-state index contributed by atoms with van der Waals surface area (Å²) in [7, 11) is 0. The number of phenols is 1. The van der Waals surface area contributed by atoms with E-state index in [9.17, 15) is 13.9 Å². The average molecular weight is 187 g/mol. The summed E-state index contributed by atoms with van der Waals surface area (Å²) in [6, 6.07) is 3.86. The van der Waals surface area contributed by atoms with E-state index < -0.39 is 6.43 Å². The van der Waals surface area contributed by atoms with Crippen molar-refractivity contribution in [2.45, 2.75) is 12.8 Å². The maximum Gasteiger partial charge on any atom is 0.263 e. The van der Waals surface area contributed by atoms with Crippen molar-refractivity contribution < 1.29 is 13.9 Å². The fourth-order valence-electron chi connectivity index (χ4n) is 1.08. The van der Waals surface area contributed by atoms with Crippen LogP contribution in [0.4, 0.5) is 8.78 Å². The Bertz CT molecular complexity index is 289. The van der Waals surface area contributed by atoms with Crippen LogP contribution in [0.5, 0.6) is 5.75 Å². The Kier molecular flexibility index (Phi) is 3.19. The van der Waals surface area contributed by atoms with Crippen LogP contribution < -0.4 is 5.73 Å². The number of hydrogen-bond donors (Lipinski definition) is 2. The predicted molar refractivity (Wildman–Crippen MR) is 45.8 cm³/mol.